The van der Waals surface area contributed by atoms with Gasteiger partial charge in [0.1, 0.15) is 24.0 Å². The fraction of sp³-hybridized carbons (Fsp3) is 0.440. The molecule has 1 aromatic carbocycles. The fourth-order valence-electron chi connectivity index (χ4n) is 3.67. The summed E-state index contributed by atoms with van der Waals surface area (Å²) < 4.78 is 27.3. The zero-order chi connectivity index (χ0) is 24.5. The van der Waals surface area contributed by atoms with Gasteiger partial charge in [0.2, 0.25) is 0 Å². The lowest BCUT2D eigenvalue weighted by Crippen LogP contribution is -2.22. The number of hydrogen-bond donors (Lipinski definition) is 2. The van der Waals surface area contributed by atoms with Gasteiger partial charge in [-0.05, 0) is 49.9 Å². The zero-order valence-electron chi connectivity index (χ0n) is 20.2. The molecule has 1 amide bonds. The molecule has 0 spiro atoms. The maximum absolute atomic E-state index is 13.8. The van der Waals surface area contributed by atoms with Crippen LogP contribution in [0.4, 0.5) is 10.1 Å². The molecule has 4 rings (SSSR count). The summed E-state index contributed by atoms with van der Waals surface area (Å²) in [5.74, 6) is -0.112. The Balaban J connectivity index is 1.51. The molecule has 0 radical (unpaired) electrons. The Bertz CT molecular complexity index is 1260. The Hall–Kier alpha value is -2.91. The number of pyridine rings is 1. The molecule has 2 aromatic heterocycles. The Morgan fingerprint density at radius 3 is 2.74 bits per heavy atom. The molecule has 0 bridgehead atoms. The highest BCUT2D eigenvalue weighted by Crippen LogP contribution is 2.32. The molecule has 1 aliphatic rings. The number of ether oxygens (including phenoxy) is 2. The Morgan fingerprint density at radius 2 is 2.03 bits per heavy atom. The maximum Gasteiger partial charge on any atom is 0.272 e. The topological polar surface area (TPSA) is 85.4 Å². The van der Waals surface area contributed by atoms with Gasteiger partial charge in [-0.2, -0.15) is 0 Å². The van der Waals surface area contributed by atoms with Gasteiger partial charge in [0.05, 0.1) is 17.7 Å². The monoisotopic (exact) mass is 485 g/mol. The van der Waals surface area contributed by atoms with Crippen molar-refractivity contribution in [3.8, 4) is 5.75 Å². The lowest BCUT2D eigenvalue weighted by molar-refractivity contribution is 0.0864. The summed E-state index contributed by atoms with van der Waals surface area (Å²) in [4.78, 5) is 28.4. The number of carbonyl (C=O) groups excluding carboxylic acids is 1. The van der Waals surface area contributed by atoms with Crippen LogP contribution in [0.15, 0.2) is 35.3 Å². The lowest BCUT2D eigenvalue weighted by atomic mass is 10.2. The molecule has 2 heterocycles. The van der Waals surface area contributed by atoms with E-state index in [0.29, 0.717) is 42.4 Å². The second kappa shape index (κ2) is 9.75. The molecule has 1 fully saturated rings. The van der Waals surface area contributed by atoms with Crippen LogP contribution in [-0.4, -0.2) is 36.7 Å². The fourth-order valence-corrected chi connectivity index (χ4v) is 4.42. The van der Waals surface area contributed by atoms with Crippen molar-refractivity contribution in [3.63, 3.8) is 0 Å². The van der Waals surface area contributed by atoms with Crippen LogP contribution < -0.4 is 15.6 Å². The van der Waals surface area contributed by atoms with E-state index < -0.39 is 19.8 Å². The number of nitrogens with one attached hydrogen (secondary N) is 2. The molecule has 3 aromatic rings. The molecular weight excluding hydrogens is 453 g/mol. The quantitative estimate of drug-likeness (QED) is 0.308. The van der Waals surface area contributed by atoms with Crippen molar-refractivity contribution >= 4 is 30.4 Å². The van der Waals surface area contributed by atoms with E-state index in [1.165, 1.54) is 18.2 Å². The van der Waals surface area contributed by atoms with Crippen LogP contribution in [0.1, 0.15) is 29.0 Å². The predicted molar refractivity (Wildman–Crippen MR) is 134 cm³/mol. The van der Waals surface area contributed by atoms with Crippen LogP contribution in [0, 0.1) is 18.7 Å². The van der Waals surface area contributed by atoms with Gasteiger partial charge >= 0.3 is 0 Å². The van der Waals surface area contributed by atoms with Gasteiger partial charge in [0.15, 0.2) is 0 Å². The van der Waals surface area contributed by atoms with Crippen LogP contribution in [0.3, 0.4) is 0 Å². The number of aryl methyl sites for hydroxylation is 1. The van der Waals surface area contributed by atoms with Gasteiger partial charge < -0.3 is 24.3 Å². The minimum atomic E-state index is -1.18. The number of fused-ring (bicyclic) bond motifs is 1. The summed E-state index contributed by atoms with van der Waals surface area (Å²) in [7, 11) is -1.18. The molecular formula is C25H32FN3O4Si. The zero-order valence-corrected chi connectivity index (χ0v) is 21.2. The number of rotatable bonds is 10. The summed E-state index contributed by atoms with van der Waals surface area (Å²) >= 11 is 0. The Morgan fingerprint density at radius 1 is 1.26 bits per heavy atom. The molecule has 34 heavy (non-hydrogen) atoms. The highest BCUT2D eigenvalue weighted by Gasteiger charge is 2.23. The van der Waals surface area contributed by atoms with Crippen LogP contribution in [0.2, 0.25) is 25.7 Å². The third kappa shape index (κ3) is 5.95. The average Bonchev–Trinajstić information content (AvgIpc) is 3.53. The van der Waals surface area contributed by atoms with E-state index in [-0.39, 0.29) is 16.9 Å². The van der Waals surface area contributed by atoms with Crippen LogP contribution >= 0.6 is 0 Å². The van der Waals surface area contributed by atoms with Crippen molar-refractivity contribution in [3.05, 3.63) is 58.0 Å². The minimum Gasteiger partial charge on any atom is -0.491 e. The molecule has 9 heteroatoms. The number of aromatic nitrogens is 2. The molecule has 1 saturated carbocycles. The van der Waals surface area contributed by atoms with Crippen molar-refractivity contribution in [2.75, 3.05) is 18.5 Å². The van der Waals surface area contributed by atoms with Gasteiger partial charge in [0, 0.05) is 38.0 Å². The number of aromatic amines is 1. The highest BCUT2D eigenvalue weighted by atomic mass is 28.3. The first kappa shape index (κ1) is 24.2. The molecule has 1 aliphatic carbocycles. The molecule has 7 nitrogen and oxygen atoms in total. The summed E-state index contributed by atoms with van der Waals surface area (Å²) in [6.07, 6.45) is 4.05. The van der Waals surface area contributed by atoms with E-state index in [2.05, 4.69) is 29.9 Å². The van der Waals surface area contributed by atoms with E-state index in [0.717, 1.165) is 24.6 Å². The number of benzene rings is 1. The van der Waals surface area contributed by atoms with E-state index in [4.69, 9.17) is 9.47 Å². The van der Waals surface area contributed by atoms with Gasteiger partial charge in [-0.3, -0.25) is 9.59 Å². The smallest absolute Gasteiger partial charge is 0.272 e. The minimum absolute atomic E-state index is 0.0895. The second-order valence-corrected chi connectivity index (χ2v) is 15.8. The predicted octanol–water partition coefficient (Wildman–Crippen LogP) is 5.13. The number of hydrogen-bond acceptors (Lipinski definition) is 4. The number of H-pyrrole nitrogens is 1. The third-order valence-corrected chi connectivity index (χ3v) is 7.69. The number of halogens is 1. The van der Waals surface area contributed by atoms with Crippen LogP contribution in [0.5, 0.6) is 5.75 Å². The maximum atomic E-state index is 13.8. The lowest BCUT2D eigenvalue weighted by Gasteiger charge is -2.15. The SMILES string of the molecule is Cc1c2c(=O)[nH]c(C(=O)Nc3cc(F)ccc3OCC3CC3)cc2cn1COCC[Si](C)(C)C. The molecule has 0 atom stereocenters. The van der Waals surface area contributed by atoms with Crippen molar-refractivity contribution < 1.29 is 18.7 Å². The van der Waals surface area contributed by atoms with Crippen molar-refractivity contribution in [2.45, 2.75) is 52.2 Å². The molecule has 0 unspecified atom stereocenters. The summed E-state index contributed by atoms with van der Waals surface area (Å²) in [6.45, 7) is 10.3. The summed E-state index contributed by atoms with van der Waals surface area (Å²) in [5.41, 5.74) is 0.741. The average molecular weight is 486 g/mol. The summed E-state index contributed by atoms with van der Waals surface area (Å²) in [5, 5.41) is 3.84. The van der Waals surface area contributed by atoms with Crippen LogP contribution in [-0.2, 0) is 11.5 Å². The van der Waals surface area contributed by atoms with Gasteiger partial charge in [-0.1, -0.05) is 19.6 Å². The van der Waals surface area contributed by atoms with Crippen molar-refractivity contribution in [2.24, 2.45) is 5.92 Å². The van der Waals surface area contributed by atoms with E-state index in [9.17, 15) is 14.0 Å². The molecule has 182 valence electrons. The van der Waals surface area contributed by atoms with E-state index in [1.807, 2.05) is 17.7 Å². The van der Waals surface area contributed by atoms with E-state index >= 15 is 0 Å². The Kier molecular flexibility index (Phi) is 6.95. The van der Waals surface area contributed by atoms with Gasteiger partial charge in [-0.25, -0.2) is 4.39 Å². The number of nitrogens with zero attached hydrogens (tertiary/aromatic N) is 1. The van der Waals surface area contributed by atoms with Crippen molar-refractivity contribution in [1.82, 2.24) is 9.55 Å². The van der Waals surface area contributed by atoms with Gasteiger partial charge in [0.25, 0.3) is 11.5 Å². The van der Waals surface area contributed by atoms with Crippen molar-refractivity contribution in [1.29, 1.82) is 0 Å². The molecule has 0 aliphatic heterocycles. The largest absolute Gasteiger partial charge is 0.491 e. The van der Waals surface area contributed by atoms with Gasteiger partial charge in [-0.15, -0.1) is 0 Å². The first-order valence-corrected chi connectivity index (χ1v) is 15.4. The molecule has 0 saturated heterocycles. The van der Waals surface area contributed by atoms with E-state index in [1.54, 1.807) is 6.07 Å². The molecule has 2 N–H and O–H groups in total. The number of amides is 1. The highest BCUT2D eigenvalue weighted by molar-refractivity contribution is 6.76. The third-order valence-electron chi connectivity index (χ3n) is 5.98. The first-order valence-electron chi connectivity index (χ1n) is 11.6. The van der Waals surface area contributed by atoms with Crippen LogP contribution in [0.25, 0.3) is 10.8 Å². The summed E-state index contributed by atoms with van der Waals surface area (Å²) in [6, 6.07) is 6.70. The first-order chi connectivity index (χ1) is 16.1. The second-order valence-electron chi connectivity index (χ2n) is 10.2. The Labute approximate surface area is 199 Å². The number of carbonyl (C=O) groups is 1. The standard InChI is InChI=1S/C25H32FN3O4Si/c1-16-23-18(13-29(16)15-32-9-10-34(2,3)4)11-21(28-25(23)31)24(30)27-20-12-19(26)7-8-22(20)33-14-17-5-6-17/h7-8,11-13,17H,5-6,9-10,14-15H2,1-4H3,(H,27,30)(H,28,31). The normalized spacial score (nSPS) is 13.9. The number of anilines is 1.